The second kappa shape index (κ2) is 7.33. The van der Waals surface area contributed by atoms with Gasteiger partial charge >= 0.3 is 6.03 Å². The number of ether oxygens (including phenoxy) is 1. The summed E-state index contributed by atoms with van der Waals surface area (Å²) < 4.78 is 5.78. The first-order chi connectivity index (χ1) is 13.4. The number of anilines is 1. The molecule has 3 aliphatic rings. The zero-order valence-electron chi connectivity index (χ0n) is 16.9. The highest BCUT2D eigenvalue weighted by atomic mass is 16.5. The molecule has 1 N–H and O–H groups in total. The Hall–Kier alpha value is -2.19. The molecule has 3 amide bonds. The maximum Gasteiger partial charge on any atom is 0.322 e. The lowest BCUT2D eigenvalue weighted by Crippen LogP contribution is -2.44. The fourth-order valence-corrected chi connectivity index (χ4v) is 4.87. The highest BCUT2D eigenvalue weighted by Crippen LogP contribution is 2.50. The van der Waals surface area contributed by atoms with Gasteiger partial charge in [-0.3, -0.25) is 9.78 Å². The summed E-state index contributed by atoms with van der Waals surface area (Å²) in [5.41, 5.74) is 1.07. The molecule has 4 heterocycles. The van der Waals surface area contributed by atoms with E-state index in [4.69, 9.17) is 4.74 Å². The first-order valence-electron chi connectivity index (χ1n) is 9.91. The lowest BCUT2D eigenvalue weighted by molar-refractivity contribution is 0.0624. The molecule has 0 aliphatic carbocycles. The Morgan fingerprint density at radius 3 is 2.75 bits per heavy atom. The molecule has 4 rings (SSSR count). The SMILES string of the molecule is CN1CCC2(CC1)CN(C(=O)Nc1ccnc(C(=O)N(C)C)c1)[C@@H]1COC[C@@H]12. The summed E-state index contributed by atoms with van der Waals surface area (Å²) in [5.74, 6) is 0.224. The summed E-state index contributed by atoms with van der Waals surface area (Å²) in [6, 6.07) is 3.36. The minimum atomic E-state index is -0.188. The fourth-order valence-electron chi connectivity index (χ4n) is 4.87. The van der Waals surface area contributed by atoms with E-state index in [1.807, 2.05) is 4.90 Å². The van der Waals surface area contributed by atoms with Crippen molar-refractivity contribution in [3.05, 3.63) is 24.0 Å². The second-order valence-corrected chi connectivity index (χ2v) is 8.56. The number of aromatic nitrogens is 1. The number of fused-ring (bicyclic) bond motifs is 2. The van der Waals surface area contributed by atoms with Crippen molar-refractivity contribution in [3.63, 3.8) is 0 Å². The van der Waals surface area contributed by atoms with Gasteiger partial charge in [0.25, 0.3) is 5.91 Å². The molecule has 0 aromatic carbocycles. The van der Waals surface area contributed by atoms with Crippen molar-refractivity contribution < 1.29 is 14.3 Å². The van der Waals surface area contributed by atoms with Crippen LogP contribution in [0.4, 0.5) is 10.5 Å². The molecule has 1 aromatic heterocycles. The first kappa shape index (κ1) is 19.1. The van der Waals surface area contributed by atoms with Crippen LogP contribution in [0.1, 0.15) is 23.3 Å². The zero-order chi connectivity index (χ0) is 19.9. The third-order valence-electron chi connectivity index (χ3n) is 6.60. The number of hydrogen-bond acceptors (Lipinski definition) is 5. The third kappa shape index (κ3) is 3.35. The van der Waals surface area contributed by atoms with Crippen molar-refractivity contribution >= 4 is 17.6 Å². The summed E-state index contributed by atoms with van der Waals surface area (Å²) in [4.78, 5) is 35.1. The summed E-state index contributed by atoms with van der Waals surface area (Å²) in [5, 5.41) is 2.97. The van der Waals surface area contributed by atoms with Crippen LogP contribution in [0.3, 0.4) is 0 Å². The van der Waals surface area contributed by atoms with Crippen LogP contribution in [0.25, 0.3) is 0 Å². The van der Waals surface area contributed by atoms with Gasteiger partial charge in [-0.15, -0.1) is 0 Å². The fraction of sp³-hybridized carbons (Fsp3) is 0.650. The van der Waals surface area contributed by atoms with Crippen LogP contribution < -0.4 is 5.32 Å². The highest BCUT2D eigenvalue weighted by Gasteiger charge is 2.56. The molecule has 0 unspecified atom stereocenters. The van der Waals surface area contributed by atoms with Crippen molar-refractivity contribution in [1.29, 1.82) is 0 Å². The molecule has 2 atom stereocenters. The number of nitrogens with one attached hydrogen (secondary N) is 1. The van der Waals surface area contributed by atoms with Crippen LogP contribution in [0, 0.1) is 11.3 Å². The normalized spacial score (nSPS) is 26.3. The summed E-state index contributed by atoms with van der Waals surface area (Å²) in [6.45, 7) is 4.27. The molecule has 0 radical (unpaired) electrons. The van der Waals surface area contributed by atoms with E-state index in [0.717, 1.165) is 39.1 Å². The van der Waals surface area contributed by atoms with Gasteiger partial charge in [-0.25, -0.2) is 4.79 Å². The third-order valence-corrected chi connectivity index (χ3v) is 6.60. The quantitative estimate of drug-likeness (QED) is 0.829. The number of urea groups is 1. The lowest BCUT2D eigenvalue weighted by Gasteiger charge is -2.40. The van der Waals surface area contributed by atoms with E-state index in [1.54, 1.807) is 32.4 Å². The minimum Gasteiger partial charge on any atom is -0.379 e. The number of pyridine rings is 1. The average Bonchev–Trinajstić information content (AvgIpc) is 3.27. The van der Waals surface area contributed by atoms with Gasteiger partial charge in [-0.05, 0) is 50.5 Å². The van der Waals surface area contributed by atoms with Gasteiger partial charge < -0.3 is 24.8 Å². The molecular weight excluding hydrogens is 358 g/mol. The Morgan fingerprint density at radius 1 is 1.29 bits per heavy atom. The van der Waals surface area contributed by atoms with Crippen LogP contribution >= 0.6 is 0 Å². The molecule has 3 aliphatic heterocycles. The molecule has 28 heavy (non-hydrogen) atoms. The highest BCUT2D eigenvalue weighted by molar-refractivity contribution is 5.95. The van der Waals surface area contributed by atoms with E-state index < -0.39 is 0 Å². The van der Waals surface area contributed by atoms with Crippen LogP contribution in [-0.2, 0) is 4.74 Å². The Labute approximate surface area is 165 Å². The van der Waals surface area contributed by atoms with E-state index in [0.29, 0.717) is 23.9 Å². The van der Waals surface area contributed by atoms with Crippen LogP contribution in [0.5, 0.6) is 0 Å². The van der Waals surface area contributed by atoms with Gasteiger partial charge in [0.1, 0.15) is 5.69 Å². The topological polar surface area (TPSA) is 78.0 Å². The van der Waals surface area contributed by atoms with E-state index in [-0.39, 0.29) is 23.4 Å². The zero-order valence-corrected chi connectivity index (χ0v) is 16.9. The lowest BCUT2D eigenvalue weighted by atomic mass is 9.70. The monoisotopic (exact) mass is 387 g/mol. The largest absolute Gasteiger partial charge is 0.379 e. The van der Waals surface area contributed by atoms with Crippen molar-refractivity contribution in [1.82, 2.24) is 19.7 Å². The van der Waals surface area contributed by atoms with Gasteiger partial charge in [0.05, 0.1) is 19.3 Å². The number of likely N-dealkylation sites (tertiary alicyclic amines) is 2. The van der Waals surface area contributed by atoms with Crippen molar-refractivity contribution in [3.8, 4) is 0 Å². The molecule has 3 saturated heterocycles. The molecule has 0 saturated carbocycles. The van der Waals surface area contributed by atoms with Crippen LogP contribution in [0.2, 0.25) is 0 Å². The average molecular weight is 387 g/mol. The number of rotatable bonds is 2. The maximum absolute atomic E-state index is 13.1. The second-order valence-electron chi connectivity index (χ2n) is 8.56. The van der Waals surface area contributed by atoms with Crippen LogP contribution in [-0.4, -0.2) is 91.7 Å². The van der Waals surface area contributed by atoms with Crippen molar-refractivity contribution in [2.45, 2.75) is 18.9 Å². The van der Waals surface area contributed by atoms with Gasteiger partial charge in [-0.2, -0.15) is 0 Å². The van der Waals surface area contributed by atoms with Gasteiger partial charge in [0.15, 0.2) is 0 Å². The molecule has 8 nitrogen and oxygen atoms in total. The number of hydrogen-bond donors (Lipinski definition) is 1. The molecule has 1 aromatic rings. The molecule has 0 bridgehead atoms. The van der Waals surface area contributed by atoms with Crippen molar-refractivity contribution in [2.75, 3.05) is 59.3 Å². The number of amides is 3. The number of carbonyl (C=O) groups excluding carboxylic acids is 2. The standard InChI is InChI=1S/C20H29N5O3/c1-23(2)18(26)16-10-14(4-7-21-16)22-19(27)25-13-20(5-8-24(3)9-6-20)15-11-28-12-17(15)25/h4,7,10,15,17H,5-6,8-9,11-13H2,1-3H3,(H,21,22,27)/t15-,17+/m0/s1. The van der Waals surface area contributed by atoms with Gasteiger partial charge in [-0.1, -0.05) is 0 Å². The summed E-state index contributed by atoms with van der Waals surface area (Å²) in [7, 11) is 5.52. The number of piperidine rings is 1. The Bertz CT molecular complexity index is 760. The predicted molar refractivity (Wildman–Crippen MR) is 105 cm³/mol. The first-order valence-corrected chi connectivity index (χ1v) is 9.91. The molecular formula is C20H29N5O3. The van der Waals surface area contributed by atoms with E-state index in [1.165, 1.54) is 4.90 Å². The smallest absolute Gasteiger partial charge is 0.322 e. The number of carbonyl (C=O) groups is 2. The van der Waals surface area contributed by atoms with Gasteiger partial charge in [0.2, 0.25) is 0 Å². The molecule has 3 fully saturated rings. The summed E-state index contributed by atoms with van der Waals surface area (Å²) >= 11 is 0. The van der Waals surface area contributed by atoms with Gasteiger partial charge in [0, 0.05) is 38.4 Å². The molecule has 8 heteroatoms. The van der Waals surface area contributed by atoms with Crippen molar-refractivity contribution in [2.24, 2.45) is 11.3 Å². The van der Waals surface area contributed by atoms with E-state index in [2.05, 4.69) is 22.2 Å². The Morgan fingerprint density at radius 2 is 2.04 bits per heavy atom. The van der Waals surface area contributed by atoms with E-state index in [9.17, 15) is 9.59 Å². The number of nitrogens with zero attached hydrogens (tertiary/aromatic N) is 4. The Kier molecular flexibility index (Phi) is 5.01. The maximum atomic E-state index is 13.1. The van der Waals surface area contributed by atoms with E-state index >= 15 is 0 Å². The van der Waals surface area contributed by atoms with Crippen LogP contribution in [0.15, 0.2) is 18.3 Å². The molecule has 1 spiro atoms. The predicted octanol–water partition coefficient (Wildman–Crippen LogP) is 1.36. The Balaban J connectivity index is 1.49. The molecule has 152 valence electrons. The summed E-state index contributed by atoms with van der Waals surface area (Å²) in [6.07, 6.45) is 3.76. The minimum absolute atomic E-state index is 0.120.